The molecular weight excluding hydrogens is 478 g/mol. The van der Waals surface area contributed by atoms with Crippen LogP contribution in [-0.2, 0) is 9.53 Å². The molecule has 1 aliphatic rings. The predicted molar refractivity (Wildman–Crippen MR) is 131 cm³/mol. The summed E-state index contributed by atoms with van der Waals surface area (Å²) in [6.45, 7) is -0.494. The third-order valence-corrected chi connectivity index (χ3v) is 6.48. The Morgan fingerprint density at radius 3 is 2.62 bits per heavy atom. The normalized spacial score (nSPS) is 15.1. The van der Waals surface area contributed by atoms with Gasteiger partial charge >= 0.3 is 5.97 Å². The summed E-state index contributed by atoms with van der Waals surface area (Å²) in [6, 6.07) is 13.4. The van der Waals surface area contributed by atoms with Gasteiger partial charge < -0.3 is 19.9 Å². The van der Waals surface area contributed by atoms with E-state index in [2.05, 4.69) is 5.10 Å². The largest absolute Gasteiger partial charge is 0.493 e. The predicted octanol–water partition coefficient (Wildman–Crippen LogP) is 4.54. The lowest BCUT2D eigenvalue weighted by atomic mass is 10.0. The van der Waals surface area contributed by atoms with Gasteiger partial charge in [0.2, 0.25) is 0 Å². The quantitative estimate of drug-likeness (QED) is 0.378. The van der Waals surface area contributed by atoms with E-state index in [1.807, 2.05) is 29.6 Å². The molecule has 2 aromatic carbocycles. The lowest BCUT2D eigenvalue weighted by molar-refractivity contribution is -0.136. The number of hydrogen-bond acceptors (Lipinski definition) is 8. The van der Waals surface area contributed by atoms with Gasteiger partial charge in [-0.1, -0.05) is 23.7 Å². The number of hydrogen-bond donors (Lipinski definition) is 1. The average Bonchev–Trinajstić information content (AvgIpc) is 3.52. The Labute approximate surface area is 205 Å². The first kappa shape index (κ1) is 23.6. The number of anilines is 1. The molecule has 1 atom stereocenters. The van der Waals surface area contributed by atoms with Crippen LogP contribution in [0.4, 0.5) is 5.69 Å². The highest BCUT2D eigenvalue weighted by Gasteiger charge is 2.34. The molecule has 0 saturated carbocycles. The van der Waals surface area contributed by atoms with E-state index < -0.39 is 24.5 Å². The zero-order valence-electron chi connectivity index (χ0n) is 18.5. The molecule has 0 fully saturated rings. The second-order valence-electron chi connectivity index (χ2n) is 7.40. The van der Waals surface area contributed by atoms with Crippen molar-refractivity contribution in [3.63, 3.8) is 0 Å². The molecule has 2 heterocycles. The van der Waals surface area contributed by atoms with Crippen molar-refractivity contribution >= 4 is 46.2 Å². The van der Waals surface area contributed by atoms with Crippen LogP contribution in [-0.4, -0.2) is 43.4 Å². The first-order chi connectivity index (χ1) is 16.4. The lowest BCUT2D eigenvalue weighted by Gasteiger charge is -2.23. The molecule has 1 aliphatic heterocycles. The lowest BCUT2D eigenvalue weighted by Crippen LogP contribution is -2.31. The topological polar surface area (TPSA) is 103 Å². The number of nitrogens with zero attached hydrogens (tertiary/aromatic N) is 2. The molecule has 1 aromatic heterocycles. The number of thiophene rings is 1. The van der Waals surface area contributed by atoms with Crippen molar-refractivity contribution in [3.05, 3.63) is 74.9 Å². The first-order valence-electron chi connectivity index (χ1n) is 10.3. The van der Waals surface area contributed by atoms with E-state index in [1.165, 1.54) is 34.5 Å². The highest BCUT2D eigenvalue weighted by molar-refractivity contribution is 7.12. The van der Waals surface area contributed by atoms with Crippen LogP contribution in [0.3, 0.4) is 0 Å². The number of methoxy groups -OCH3 is 2. The van der Waals surface area contributed by atoms with E-state index >= 15 is 0 Å². The minimum absolute atomic E-state index is 0.137. The van der Waals surface area contributed by atoms with Crippen LogP contribution in [0.15, 0.2) is 59.0 Å². The van der Waals surface area contributed by atoms with Gasteiger partial charge in [0.15, 0.2) is 18.1 Å². The summed E-state index contributed by atoms with van der Waals surface area (Å²) in [5.41, 5.74) is 7.75. The molecule has 0 bridgehead atoms. The summed E-state index contributed by atoms with van der Waals surface area (Å²) in [5, 5.41) is 8.28. The average molecular weight is 500 g/mol. The number of ether oxygens (including phenoxy) is 3. The van der Waals surface area contributed by atoms with Crippen molar-refractivity contribution in [2.75, 3.05) is 26.6 Å². The molecule has 0 radical (unpaired) electrons. The maximum atomic E-state index is 13.1. The number of carbonyl (C=O) groups is 2. The minimum Gasteiger partial charge on any atom is -0.493 e. The van der Waals surface area contributed by atoms with E-state index in [0.717, 1.165) is 16.2 Å². The summed E-state index contributed by atoms with van der Waals surface area (Å²) in [4.78, 5) is 26.6. The highest BCUT2D eigenvalue weighted by atomic mass is 35.5. The maximum Gasteiger partial charge on any atom is 0.340 e. The van der Waals surface area contributed by atoms with E-state index in [4.69, 9.17) is 31.5 Å². The molecular formula is C24H22ClN3O5S. The fourth-order valence-corrected chi connectivity index (χ4v) is 4.54. The zero-order valence-corrected chi connectivity index (χ0v) is 20.1. The van der Waals surface area contributed by atoms with Crippen LogP contribution in [0.2, 0.25) is 5.02 Å². The SMILES string of the molecule is COc1ccc(C2CC(c3cccs3)=NN2C(=O)COC(=O)c2ccc(Cl)cc2N)cc1OC. The summed E-state index contributed by atoms with van der Waals surface area (Å²) in [5.74, 6) is -0.0586. The molecule has 1 amide bonds. The van der Waals surface area contributed by atoms with Gasteiger partial charge in [0, 0.05) is 17.1 Å². The second-order valence-corrected chi connectivity index (χ2v) is 8.79. The van der Waals surface area contributed by atoms with Crippen LogP contribution in [0.5, 0.6) is 11.5 Å². The van der Waals surface area contributed by atoms with E-state index in [9.17, 15) is 9.59 Å². The Balaban J connectivity index is 1.56. The molecule has 4 rings (SSSR count). The van der Waals surface area contributed by atoms with Gasteiger partial charge in [0.05, 0.1) is 36.4 Å². The minimum atomic E-state index is -0.716. The van der Waals surface area contributed by atoms with E-state index in [-0.39, 0.29) is 11.3 Å². The number of nitrogens with two attached hydrogens (primary N) is 1. The fraction of sp³-hybridized carbons (Fsp3) is 0.208. The third-order valence-electron chi connectivity index (χ3n) is 5.32. The Morgan fingerprint density at radius 2 is 1.94 bits per heavy atom. The molecule has 3 aromatic rings. The molecule has 176 valence electrons. The van der Waals surface area contributed by atoms with Gasteiger partial charge in [-0.15, -0.1) is 11.3 Å². The number of rotatable bonds is 7. The van der Waals surface area contributed by atoms with Gasteiger partial charge in [0.1, 0.15) is 0 Å². The molecule has 2 N–H and O–H groups in total. The molecule has 10 heteroatoms. The number of nitrogen functional groups attached to an aromatic ring is 1. The Morgan fingerprint density at radius 1 is 1.15 bits per heavy atom. The third kappa shape index (κ3) is 4.85. The number of esters is 1. The van der Waals surface area contributed by atoms with Crippen LogP contribution < -0.4 is 15.2 Å². The van der Waals surface area contributed by atoms with Gasteiger partial charge in [0.25, 0.3) is 5.91 Å². The standard InChI is InChI=1S/C24H22ClN3O5S/c1-31-20-8-5-14(10-21(20)32-2)19-12-18(22-4-3-9-34-22)27-28(19)23(29)13-33-24(30)16-7-6-15(25)11-17(16)26/h3-11,19H,12-13,26H2,1-2H3. The van der Waals surface area contributed by atoms with Crippen molar-refractivity contribution < 1.29 is 23.8 Å². The molecule has 0 saturated heterocycles. The Bertz CT molecular complexity index is 1250. The first-order valence-corrected chi connectivity index (χ1v) is 11.5. The number of carbonyl (C=O) groups excluding carboxylic acids is 2. The molecule has 34 heavy (non-hydrogen) atoms. The molecule has 0 aliphatic carbocycles. The van der Waals surface area contributed by atoms with Crippen LogP contribution >= 0.6 is 22.9 Å². The summed E-state index contributed by atoms with van der Waals surface area (Å²) >= 11 is 7.42. The van der Waals surface area contributed by atoms with Crippen molar-refractivity contribution in [1.82, 2.24) is 5.01 Å². The Kier molecular flexibility index (Phi) is 7.04. The number of hydrazone groups is 1. The van der Waals surface area contributed by atoms with E-state index in [0.29, 0.717) is 22.9 Å². The smallest absolute Gasteiger partial charge is 0.340 e. The number of halogens is 1. The van der Waals surface area contributed by atoms with Gasteiger partial charge in [-0.2, -0.15) is 5.10 Å². The summed E-state index contributed by atoms with van der Waals surface area (Å²) in [6.07, 6.45) is 0.500. The second kappa shape index (κ2) is 10.1. The van der Waals surface area contributed by atoms with Crippen molar-refractivity contribution in [3.8, 4) is 11.5 Å². The highest BCUT2D eigenvalue weighted by Crippen LogP contribution is 2.38. The van der Waals surface area contributed by atoms with Crippen LogP contribution in [0.25, 0.3) is 0 Å². The van der Waals surface area contributed by atoms with Gasteiger partial charge in [-0.05, 0) is 47.3 Å². The maximum absolute atomic E-state index is 13.1. The molecule has 1 unspecified atom stereocenters. The van der Waals surface area contributed by atoms with Crippen LogP contribution in [0.1, 0.15) is 33.3 Å². The van der Waals surface area contributed by atoms with Crippen LogP contribution in [0, 0.1) is 0 Å². The monoisotopic (exact) mass is 499 g/mol. The summed E-state index contributed by atoms with van der Waals surface area (Å²) in [7, 11) is 3.11. The number of benzene rings is 2. The van der Waals surface area contributed by atoms with Crippen molar-refractivity contribution in [1.29, 1.82) is 0 Å². The van der Waals surface area contributed by atoms with Crippen molar-refractivity contribution in [2.24, 2.45) is 5.10 Å². The Hall–Kier alpha value is -3.56. The van der Waals surface area contributed by atoms with Gasteiger partial charge in [-0.25, -0.2) is 9.80 Å². The van der Waals surface area contributed by atoms with Crippen molar-refractivity contribution in [2.45, 2.75) is 12.5 Å². The molecule has 8 nitrogen and oxygen atoms in total. The summed E-state index contributed by atoms with van der Waals surface area (Å²) < 4.78 is 16.0. The van der Waals surface area contributed by atoms with E-state index in [1.54, 1.807) is 20.3 Å². The molecule has 0 spiro atoms. The zero-order chi connectivity index (χ0) is 24.2. The number of amides is 1. The fourth-order valence-electron chi connectivity index (χ4n) is 3.64. The van der Waals surface area contributed by atoms with Gasteiger partial charge in [-0.3, -0.25) is 4.79 Å².